The Kier molecular flexibility index (Phi) is 4.02. The molecule has 3 nitrogen and oxygen atoms in total. The number of hydrogen-bond acceptors (Lipinski definition) is 3. The fraction of sp³-hybridized carbons (Fsp3) is 0.571. The van der Waals surface area contributed by atoms with Crippen molar-refractivity contribution in [2.24, 2.45) is 5.73 Å². The topological polar surface area (TPSA) is 49.5 Å². The number of nitrogens with zero attached hydrogens (tertiary/aromatic N) is 1. The summed E-state index contributed by atoms with van der Waals surface area (Å²) in [6, 6.07) is 8.47. The monoisotopic (exact) mass is 234 g/mol. The van der Waals surface area contributed by atoms with Crippen molar-refractivity contribution in [3.05, 3.63) is 29.8 Å². The van der Waals surface area contributed by atoms with Crippen LogP contribution in [-0.2, 0) is 6.42 Å². The summed E-state index contributed by atoms with van der Waals surface area (Å²) in [5, 5.41) is 9.21. The van der Waals surface area contributed by atoms with Crippen LogP contribution in [0.15, 0.2) is 24.3 Å². The van der Waals surface area contributed by atoms with Gasteiger partial charge in [0.05, 0.1) is 0 Å². The van der Waals surface area contributed by atoms with Gasteiger partial charge in [-0.2, -0.15) is 0 Å². The second-order valence-electron chi connectivity index (χ2n) is 5.10. The van der Waals surface area contributed by atoms with Crippen LogP contribution >= 0.6 is 0 Å². The Morgan fingerprint density at radius 2 is 2.12 bits per heavy atom. The minimum absolute atomic E-state index is 0.340. The third-order valence-electron chi connectivity index (χ3n) is 3.67. The summed E-state index contributed by atoms with van der Waals surface area (Å²) in [5.41, 5.74) is 7.21. The predicted octanol–water partition coefficient (Wildman–Crippen LogP) is 1.75. The molecule has 0 spiro atoms. The first-order valence-electron chi connectivity index (χ1n) is 6.42. The highest BCUT2D eigenvalue weighted by atomic mass is 16.3. The zero-order valence-corrected chi connectivity index (χ0v) is 10.5. The van der Waals surface area contributed by atoms with E-state index in [1.165, 1.54) is 5.56 Å². The summed E-state index contributed by atoms with van der Waals surface area (Å²) in [7, 11) is 0. The third kappa shape index (κ3) is 3.45. The van der Waals surface area contributed by atoms with Gasteiger partial charge in [-0.1, -0.05) is 12.1 Å². The van der Waals surface area contributed by atoms with Gasteiger partial charge in [0, 0.05) is 18.6 Å². The Labute approximate surface area is 103 Å². The number of benzene rings is 1. The lowest BCUT2D eigenvalue weighted by Crippen LogP contribution is -2.33. The Hall–Kier alpha value is -1.06. The summed E-state index contributed by atoms with van der Waals surface area (Å²) in [5.74, 6) is 0.340. The van der Waals surface area contributed by atoms with Crippen LogP contribution < -0.4 is 5.73 Å². The van der Waals surface area contributed by atoms with Crippen molar-refractivity contribution in [2.45, 2.75) is 38.3 Å². The van der Waals surface area contributed by atoms with Gasteiger partial charge in [0.2, 0.25) is 0 Å². The van der Waals surface area contributed by atoms with Gasteiger partial charge in [0.15, 0.2) is 0 Å². The smallest absolute Gasteiger partial charge is 0.115 e. The standard InChI is InChI=1S/C14H22N2O/c1-11(16-9-8-13(15)10-16)2-3-12-4-6-14(17)7-5-12/h4-7,11,13,17H,2-3,8-10,15H2,1H3. The van der Waals surface area contributed by atoms with E-state index in [2.05, 4.69) is 11.8 Å². The molecule has 0 aromatic heterocycles. The van der Waals surface area contributed by atoms with Gasteiger partial charge in [-0.15, -0.1) is 0 Å². The van der Waals surface area contributed by atoms with Crippen LogP contribution in [0.4, 0.5) is 0 Å². The zero-order valence-electron chi connectivity index (χ0n) is 10.5. The lowest BCUT2D eigenvalue weighted by molar-refractivity contribution is 0.244. The first-order valence-corrected chi connectivity index (χ1v) is 6.42. The first-order chi connectivity index (χ1) is 8.15. The SMILES string of the molecule is CC(CCc1ccc(O)cc1)N1CCC(N)C1. The molecule has 1 aliphatic rings. The maximum Gasteiger partial charge on any atom is 0.115 e. The molecule has 0 amide bonds. The summed E-state index contributed by atoms with van der Waals surface area (Å²) in [6.07, 6.45) is 3.34. The molecule has 1 saturated heterocycles. The van der Waals surface area contributed by atoms with Crippen molar-refractivity contribution in [1.29, 1.82) is 0 Å². The summed E-state index contributed by atoms with van der Waals surface area (Å²) in [6.45, 7) is 4.45. The fourth-order valence-electron chi connectivity index (χ4n) is 2.44. The number of nitrogens with two attached hydrogens (primary N) is 1. The van der Waals surface area contributed by atoms with E-state index in [1.54, 1.807) is 12.1 Å². The molecule has 0 aliphatic carbocycles. The molecule has 1 fully saturated rings. The minimum atomic E-state index is 0.340. The van der Waals surface area contributed by atoms with Gasteiger partial charge >= 0.3 is 0 Å². The molecular formula is C14H22N2O. The molecule has 0 saturated carbocycles. The summed E-state index contributed by atoms with van der Waals surface area (Å²) >= 11 is 0. The van der Waals surface area contributed by atoms with E-state index in [0.717, 1.165) is 32.4 Å². The molecule has 2 rings (SSSR count). The lowest BCUT2D eigenvalue weighted by Gasteiger charge is -2.23. The molecule has 17 heavy (non-hydrogen) atoms. The first kappa shape index (κ1) is 12.4. The van der Waals surface area contributed by atoms with Crippen molar-refractivity contribution in [3.63, 3.8) is 0 Å². The van der Waals surface area contributed by atoms with Gasteiger partial charge in [-0.25, -0.2) is 0 Å². The number of phenols is 1. The molecule has 1 heterocycles. The summed E-state index contributed by atoms with van der Waals surface area (Å²) in [4.78, 5) is 2.48. The molecule has 3 heteroatoms. The van der Waals surface area contributed by atoms with Crippen molar-refractivity contribution in [3.8, 4) is 5.75 Å². The highest BCUT2D eigenvalue weighted by molar-refractivity contribution is 5.25. The van der Waals surface area contributed by atoms with Crippen molar-refractivity contribution >= 4 is 0 Å². The van der Waals surface area contributed by atoms with Crippen LogP contribution in [0.3, 0.4) is 0 Å². The van der Waals surface area contributed by atoms with Crippen LogP contribution in [0.5, 0.6) is 5.75 Å². The Bertz CT molecular complexity index is 350. The molecule has 2 unspecified atom stereocenters. The van der Waals surface area contributed by atoms with E-state index in [-0.39, 0.29) is 0 Å². The van der Waals surface area contributed by atoms with Gasteiger partial charge in [0.25, 0.3) is 0 Å². The molecular weight excluding hydrogens is 212 g/mol. The maximum atomic E-state index is 9.21. The van der Waals surface area contributed by atoms with Crippen LogP contribution in [0.2, 0.25) is 0 Å². The third-order valence-corrected chi connectivity index (χ3v) is 3.67. The lowest BCUT2D eigenvalue weighted by atomic mass is 10.1. The molecule has 3 N–H and O–H groups in total. The molecule has 94 valence electrons. The number of aromatic hydroxyl groups is 1. The van der Waals surface area contributed by atoms with E-state index in [1.807, 2.05) is 12.1 Å². The predicted molar refractivity (Wildman–Crippen MR) is 70.1 cm³/mol. The Balaban J connectivity index is 1.79. The quantitative estimate of drug-likeness (QED) is 0.834. The molecule has 2 atom stereocenters. The number of aryl methyl sites for hydroxylation is 1. The molecule has 1 aliphatic heterocycles. The highest BCUT2D eigenvalue weighted by Crippen LogP contribution is 2.16. The Morgan fingerprint density at radius 1 is 1.41 bits per heavy atom. The number of rotatable bonds is 4. The second kappa shape index (κ2) is 5.52. The van der Waals surface area contributed by atoms with Crippen LogP contribution in [0, 0.1) is 0 Å². The average Bonchev–Trinajstić information content (AvgIpc) is 2.75. The van der Waals surface area contributed by atoms with E-state index in [9.17, 15) is 5.11 Å². The van der Waals surface area contributed by atoms with E-state index in [0.29, 0.717) is 17.8 Å². The normalized spacial score (nSPS) is 22.8. The van der Waals surface area contributed by atoms with Gasteiger partial charge in [-0.05, 0) is 50.4 Å². The Morgan fingerprint density at radius 3 is 2.71 bits per heavy atom. The highest BCUT2D eigenvalue weighted by Gasteiger charge is 2.22. The fourth-order valence-corrected chi connectivity index (χ4v) is 2.44. The van der Waals surface area contributed by atoms with Crippen molar-refractivity contribution in [1.82, 2.24) is 4.90 Å². The largest absolute Gasteiger partial charge is 0.508 e. The second-order valence-corrected chi connectivity index (χ2v) is 5.10. The number of hydrogen-bond donors (Lipinski definition) is 2. The number of likely N-dealkylation sites (tertiary alicyclic amines) is 1. The van der Waals surface area contributed by atoms with Gasteiger partial charge in [0.1, 0.15) is 5.75 Å². The van der Waals surface area contributed by atoms with E-state index < -0.39 is 0 Å². The minimum Gasteiger partial charge on any atom is -0.508 e. The van der Waals surface area contributed by atoms with Crippen LogP contribution in [-0.4, -0.2) is 35.2 Å². The van der Waals surface area contributed by atoms with Crippen molar-refractivity contribution in [2.75, 3.05) is 13.1 Å². The van der Waals surface area contributed by atoms with Gasteiger partial charge in [-0.3, -0.25) is 4.90 Å². The maximum absolute atomic E-state index is 9.21. The summed E-state index contributed by atoms with van der Waals surface area (Å²) < 4.78 is 0. The van der Waals surface area contributed by atoms with Crippen molar-refractivity contribution < 1.29 is 5.11 Å². The molecule has 1 aromatic rings. The average molecular weight is 234 g/mol. The van der Waals surface area contributed by atoms with E-state index in [4.69, 9.17) is 5.73 Å². The zero-order chi connectivity index (χ0) is 12.3. The molecule has 0 bridgehead atoms. The van der Waals surface area contributed by atoms with Crippen LogP contribution in [0.25, 0.3) is 0 Å². The number of phenolic OH excluding ortho intramolecular Hbond substituents is 1. The van der Waals surface area contributed by atoms with Gasteiger partial charge < -0.3 is 10.8 Å². The molecule has 0 radical (unpaired) electrons. The van der Waals surface area contributed by atoms with E-state index >= 15 is 0 Å². The molecule has 1 aromatic carbocycles. The van der Waals surface area contributed by atoms with Crippen LogP contribution in [0.1, 0.15) is 25.3 Å².